The molecule has 0 unspecified atom stereocenters. The number of alkyl halides is 9. The third kappa shape index (κ3) is 8.08. The normalized spacial score (nSPS) is 12.2. The highest BCUT2D eigenvalue weighted by atomic mass is 35.6. The lowest BCUT2D eigenvalue weighted by Crippen LogP contribution is -2.16. The molecule has 160 valence electrons. The maximum Gasteiger partial charge on any atom is 0.250 e. The molecule has 0 spiro atoms. The fourth-order valence-electron chi connectivity index (χ4n) is 1.73. The molecule has 1 aromatic carbocycles. The highest BCUT2D eigenvalue weighted by Crippen LogP contribution is 2.40. The first kappa shape index (κ1) is 26.1. The second-order valence-corrected chi connectivity index (χ2v) is 12.0. The molecule has 3 aromatic rings. The molecule has 0 radical (unpaired) electrons. The summed E-state index contributed by atoms with van der Waals surface area (Å²) in [5.41, 5.74) is 0.681. The van der Waals surface area contributed by atoms with Crippen LogP contribution in [0.15, 0.2) is 43.0 Å². The number of halogens is 9. The molecule has 2 aromatic heterocycles. The van der Waals surface area contributed by atoms with Crippen LogP contribution in [0.5, 0.6) is 0 Å². The number of nitrogens with zero attached hydrogens (tertiary/aromatic N) is 6. The third-order valence-corrected chi connectivity index (χ3v) is 4.44. The van der Waals surface area contributed by atoms with Crippen LogP contribution in [-0.4, -0.2) is 29.9 Å². The van der Waals surface area contributed by atoms with Crippen LogP contribution in [0.4, 0.5) is 0 Å². The van der Waals surface area contributed by atoms with Crippen LogP contribution in [-0.2, 0) is 11.4 Å². The van der Waals surface area contributed by atoms with E-state index in [0.717, 1.165) is 0 Å². The number of benzene rings is 1. The lowest BCUT2D eigenvalue weighted by Gasteiger charge is -2.15. The molecule has 2 heterocycles. The Labute approximate surface area is 216 Å². The van der Waals surface area contributed by atoms with Crippen LogP contribution in [0.1, 0.15) is 17.5 Å². The summed E-state index contributed by atoms with van der Waals surface area (Å²) in [5.74, 6) is 0.158. The summed E-state index contributed by atoms with van der Waals surface area (Å²) in [4.78, 5) is 22.9. The van der Waals surface area contributed by atoms with Gasteiger partial charge in [0.15, 0.2) is 23.3 Å². The third-order valence-electron chi connectivity index (χ3n) is 2.92. The molecular weight excluding hydrogens is 583 g/mol. The standard InChI is InChI=1S/C11H5Cl6N3.C4H2Cl3N3/c12-10(13,14)8-18-7(6-4-2-1-3-5-6)19-9(20-8)11(15,16)17;5-4(6,7)3-9-1-8-2-10-3/h1-5H;1-2H. The van der Waals surface area contributed by atoms with Crippen LogP contribution in [0, 0.1) is 0 Å². The molecule has 0 bridgehead atoms. The molecule has 0 atom stereocenters. The van der Waals surface area contributed by atoms with Crippen LogP contribution in [0.2, 0.25) is 0 Å². The predicted molar refractivity (Wildman–Crippen MR) is 123 cm³/mol. The van der Waals surface area contributed by atoms with E-state index in [2.05, 4.69) is 29.9 Å². The van der Waals surface area contributed by atoms with Crippen molar-refractivity contribution in [2.45, 2.75) is 11.4 Å². The van der Waals surface area contributed by atoms with E-state index in [4.69, 9.17) is 104 Å². The molecule has 15 heteroatoms. The van der Waals surface area contributed by atoms with E-state index in [1.807, 2.05) is 18.2 Å². The van der Waals surface area contributed by atoms with Crippen molar-refractivity contribution in [1.82, 2.24) is 29.9 Å². The molecule has 0 aliphatic carbocycles. The van der Waals surface area contributed by atoms with E-state index in [1.165, 1.54) is 12.7 Å². The van der Waals surface area contributed by atoms with Gasteiger partial charge in [-0.3, -0.25) is 0 Å². The number of hydrogen-bond acceptors (Lipinski definition) is 6. The quantitative estimate of drug-likeness (QED) is 0.288. The summed E-state index contributed by atoms with van der Waals surface area (Å²) in [5, 5.41) is 0. The van der Waals surface area contributed by atoms with Gasteiger partial charge in [0.05, 0.1) is 0 Å². The van der Waals surface area contributed by atoms with Crippen molar-refractivity contribution in [1.29, 1.82) is 0 Å². The Bertz CT molecular complexity index is 924. The zero-order valence-corrected chi connectivity index (χ0v) is 20.9. The van der Waals surface area contributed by atoms with Crippen LogP contribution in [0.25, 0.3) is 11.4 Å². The molecule has 30 heavy (non-hydrogen) atoms. The van der Waals surface area contributed by atoms with Gasteiger partial charge in [-0.15, -0.1) is 0 Å². The largest absolute Gasteiger partial charge is 0.250 e. The van der Waals surface area contributed by atoms with Gasteiger partial charge in [0.2, 0.25) is 11.4 Å². The molecule has 0 saturated carbocycles. The average molecular weight is 590 g/mol. The highest BCUT2D eigenvalue weighted by molar-refractivity contribution is 6.67. The SMILES string of the molecule is ClC(Cl)(Cl)c1nc(-c2ccccc2)nc(C(Cl)(Cl)Cl)n1.ClC(Cl)(Cl)c1ncncn1. The average Bonchev–Trinajstić information content (AvgIpc) is 2.67. The van der Waals surface area contributed by atoms with E-state index in [0.29, 0.717) is 5.56 Å². The predicted octanol–water partition coefficient (Wildman–Crippen LogP) is 6.89. The van der Waals surface area contributed by atoms with Crippen molar-refractivity contribution >= 4 is 104 Å². The molecule has 0 aliphatic heterocycles. The van der Waals surface area contributed by atoms with Gasteiger partial charge in [-0.2, -0.15) is 0 Å². The Morgan fingerprint density at radius 1 is 0.533 bits per heavy atom. The van der Waals surface area contributed by atoms with Crippen molar-refractivity contribution in [2.24, 2.45) is 0 Å². The van der Waals surface area contributed by atoms with E-state index in [9.17, 15) is 0 Å². The fraction of sp³-hybridized carbons (Fsp3) is 0.200. The van der Waals surface area contributed by atoms with Gasteiger partial charge in [-0.1, -0.05) is 135 Å². The van der Waals surface area contributed by atoms with Gasteiger partial charge in [-0.05, 0) is 0 Å². The van der Waals surface area contributed by atoms with Gasteiger partial charge in [0.1, 0.15) is 12.7 Å². The van der Waals surface area contributed by atoms with E-state index in [-0.39, 0.29) is 23.3 Å². The summed E-state index contributed by atoms with van der Waals surface area (Å²) in [6.07, 6.45) is 2.54. The number of hydrogen-bond donors (Lipinski definition) is 0. The molecule has 0 fully saturated rings. The zero-order valence-electron chi connectivity index (χ0n) is 14.1. The van der Waals surface area contributed by atoms with E-state index in [1.54, 1.807) is 12.1 Å². The maximum absolute atomic E-state index is 5.79. The van der Waals surface area contributed by atoms with Gasteiger partial charge in [0.25, 0.3) is 0 Å². The van der Waals surface area contributed by atoms with Crippen LogP contribution >= 0.6 is 104 Å². The van der Waals surface area contributed by atoms with Crippen molar-refractivity contribution in [3.8, 4) is 11.4 Å². The van der Waals surface area contributed by atoms with E-state index < -0.39 is 11.4 Å². The Morgan fingerprint density at radius 3 is 1.33 bits per heavy atom. The minimum Gasteiger partial charge on any atom is -0.225 e. The summed E-state index contributed by atoms with van der Waals surface area (Å²) in [6, 6.07) is 9.02. The number of rotatable bonds is 1. The Hall–Kier alpha value is -0.150. The second-order valence-electron chi connectivity index (χ2n) is 5.13. The smallest absolute Gasteiger partial charge is 0.225 e. The van der Waals surface area contributed by atoms with E-state index >= 15 is 0 Å². The minimum absolute atomic E-state index is 0.113. The first-order chi connectivity index (χ1) is 13.8. The van der Waals surface area contributed by atoms with Crippen LogP contribution in [0.3, 0.4) is 0 Å². The zero-order chi connectivity index (χ0) is 22.6. The molecule has 0 amide bonds. The lowest BCUT2D eigenvalue weighted by molar-refractivity contribution is 0.851. The summed E-state index contributed by atoms with van der Waals surface area (Å²) in [6.45, 7) is 0. The molecule has 3 rings (SSSR count). The van der Waals surface area contributed by atoms with Crippen LogP contribution < -0.4 is 0 Å². The first-order valence-corrected chi connectivity index (χ1v) is 10.8. The molecule has 0 N–H and O–H groups in total. The monoisotopic (exact) mass is 586 g/mol. The van der Waals surface area contributed by atoms with Crippen molar-refractivity contribution in [3.05, 3.63) is 60.5 Å². The maximum atomic E-state index is 5.79. The first-order valence-electron chi connectivity index (χ1n) is 7.43. The Kier molecular flexibility index (Phi) is 9.26. The van der Waals surface area contributed by atoms with Crippen molar-refractivity contribution in [2.75, 3.05) is 0 Å². The van der Waals surface area contributed by atoms with Gasteiger partial charge < -0.3 is 0 Å². The number of aromatic nitrogens is 6. The van der Waals surface area contributed by atoms with Crippen molar-refractivity contribution in [3.63, 3.8) is 0 Å². The van der Waals surface area contributed by atoms with Gasteiger partial charge in [0, 0.05) is 5.56 Å². The minimum atomic E-state index is -1.85. The molecule has 6 nitrogen and oxygen atoms in total. The topological polar surface area (TPSA) is 77.3 Å². The lowest BCUT2D eigenvalue weighted by atomic mass is 10.2. The summed E-state index contributed by atoms with van der Waals surface area (Å²) >= 11 is 51.0. The second kappa shape index (κ2) is 10.6. The molecular formula is C15H7Cl9N6. The molecule has 0 aliphatic rings. The summed E-state index contributed by atoms with van der Waals surface area (Å²) in [7, 11) is 0. The summed E-state index contributed by atoms with van der Waals surface area (Å²) < 4.78 is -5.25. The fourth-order valence-corrected chi connectivity index (χ4v) is 2.53. The van der Waals surface area contributed by atoms with Gasteiger partial charge in [-0.25, -0.2) is 29.9 Å². The Morgan fingerprint density at radius 2 is 0.967 bits per heavy atom. The van der Waals surface area contributed by atoms with Crippen molar-refractivity contribution < 1.29 is 0 Å². The Balaban J connectivity index is 0.000000269. The highest BCUT2D eigenvalue weighted by Gasteiger charge is 2.34. The van der Waals surface area contributed by atoms with Gasteiger partial charge >= 0.3 is 0 Å². The molecule has 0 saturated heterocycles.